The largest absolute Gasteiger partial charge is 0.496 e. The van der Waals surface area contributed by atoms with Crippen LogP contribution >= 0.6 is 15.9 Å². The summed E-state index contributed by atoms with van der Waals surface area (Å²) in [4.78, 5) is 0. The predicted molar refractivity (Wildman–Crippen MR) is 74.6 cm³/mol. The SMILES string of the molecule is COc1ccc(Br)c2c1C(C(C)(C)C)NCC2. The zero-order chi connectivity index (χ0) is 12.6. The molecule has 0 aliphatic carbocycles. The Kier molecular flexibility index (Phi) is 3.50. The minimum atomic E-state index is 0.184. The minimum Gasteiger partial charge on any atom is -0.496 e. The Hall–Kier alpha value is -0.540. The molecule has 0 fully saturated rings. The average molecular weight is 298 g/mol. The smallest absolute Gasteiger partial charge is 0.124 e. The van der Waals surface area contributed by atoms with Gasteiger partial charge in [0.1, 0.15) is 5.75 Å². The molecule has 1 atom stereocenters. The number of hydrogen-bond acceptors (Lipinski definition) is 2. The minimum absolute atomic E-state index is 0.184. The summed E-state index contributed by atoms with van der Waals surface area (Å²) in [5.74, 6) is 0.996. The molecule has 1 heterocycles. The first-order valence-corrected chi connectivity index (χ1v) is 6.83. The van der Waals surface area contributed by atoms with Crippen LogP contribution in [0, 0.1) is 5.41 Å². The first-order chi connectivity index (χ1) is 7.95. The third-order valence-corrected chi connectivity index (χ3v) is 4.10. The molecule has 1 aromatic rings. The van der Waals surface area contributed by atoms with Gasteiger partial charge in [-0.05, 0) is 36.1 Å². The Morgan fingerprint density at radius 1 is 1.35 bits per heavy atom. The topological polar surface area (TPSA) is 21.3 Å². The van der Waals surface area contributed by atoms with Crippen molar-refractivity contribution in [2.45, 2.75) is 33.2 Å². The number of halogens is 1. The first kappa shape index (κ1) is 12.9. The van der Waals surface area contributed by atoms with Crippen molar-refractivity contribution in [2.24, 2.45) is 5.41 Å². The van der Waals surface area contributed by atoms with E-state index in [2.05, 4.69) is 54.2 Å². The molecule has 94 valence electrons. The van der Waals surface area contributed by atoms with E-state index in [9.17, 15) is 0 Å². The normalized spacial score (nSPS) is 19.9. The van der Waals surface area contributed by atoms with E-state index in [0.29, 0.717) is 6.04 Å². The summed E-state index contributed by atoms with van der Waals surface area (Å²) in [6, 6.07) is 4.48. The van der Waals surface area contributed by atoms with E-state index in [1.807, 2.05) is 0 Å². The molecule has 0 amide bonds. The van der Waals surface area contributed by atoms with Gasteiger partial charge in [-0.15, -0.1) is 0 Å². The molecule has 3 heteroatoms. The summed E-state index contributed by atoms with van der Waals surface area (Å²) in [5.41, 5.74) is 2.90. The number of ether oxygens (including phenoxy) is 1. The van der Waals surface area contributed by atoms with Crippen LogP contribution in [0.5, 0.6) is 5.75 Å². The fourth-order valence-electron chi connectivity index (χ4n) is 2.55. The molecule has 1 aliphatic heterocycles. The van der Waals surface area contributed by atoms with Gasteiger partial charge < -0.3 is 10.1 Å². The summed E-state index contributed by atoms with van der Waals surface area (Å²) in [6.45, 7) is 7.82. The van der Waals surface area contributed by atoms with E-state index in [1.165, 1.54) is 15.6 Å². The van der Waals surface area contributed by atoms with Crippen molar-refractivity contribution in [3.8, 4) is 5.75 Å². The maximum absolute atomic E-state index is 5.53. The third-order valence-electron chi connectivity index (χ3n) is 3.36. The van der Waals surface area contributed by atoms with Gasteiger partial charge in [-0.2, -0.15) is 0 Å². The molecule has 0 bridgehead atoms. The third kappa shape index (κ3) is 2.36. The van der Waals surface area contributed by atoms with Gasteiger partial charge in [0, 0.05) is 16.1 Å². The molecule has 2 rings (SSSR count). The summed E-state index contributed by atoms with van der Waals surface area (Å²) >= 11 is 3.66. The van der Waals surface area contributed by atoms with Gasteiger partial charge in [-0.1, -0.05) is 36.7 Å². The average Bonchev–Trinajstić information content (AvgIpc) is 2.28. The Balaban J connectivity index is 2.59. The van der Waals surface area contributed by atoms with Gasteiger partial charge in [0.25, 0.3) is 0 Å². The lowest BCUT2D eigenvalue weighted by Gasteiger charge is -2.38. The molecule has 0 saturated carbocycles. The van der Waals surface area contributed by atoms with Crippen LogP contribution in [0.15, 0.2) is 16.6 Å². The maximum Gasteiger partial charge on any atom is 0.124 e. The molecule has 1 aromatic carbocycles. The predicted octanol–water partition coefficient (Wildman–Crippen LogP) is 3.69. The number of rotatable bonds is 1. The molecule has 1 N–H and O–H groups in total. The fourth-order valence-corrected chi connectivity index (χ4v) is 3.09. The standard InChI is InChI=1S/C14H20BrNO/c1-14(2,3)13-12-9(7-8-16-13)10(15)5-6-11(12)17-4/h5-6,13,16H,7-8H2,1-4H3. The Morgan fingerprint density at radius 3 is 2.65 bits per heavy atom. The summed E-state index contributed by atoms with van der Waals surface area (Å²) < 4.78 is 6.73. The van der Waals surface area contributed by atoms with Crippen LogP contribution in [-0.4, -0.2) is 13.7 Å². The fraction of sp³-hybridized carbons (Fsp3) is 0.571. The van der Waals surface area contributed by atoms with E-state index in [0.717, 1.165) is 18.7 Å². The van der Waals surface area contributed by atoms with Gasteiger partial charge in [0.05, 0.1) is 7.11 Å². The van der Waals surface area contributed by atoms with Gasteiger partial charge in [-0.3, -0.25) is 0 Å². The van der Waals surface area contributed by atoms with Crippen LogP contribution in [0.2, 0.25) is 0 Å². The number of hydrogen-bond donors (Lipinski definition) is 1. The first-order valence-electron chi connectivity index (χ1n) is 6.04. The molecular weight excluding hydrogens is 278 g/mol. The molecule has 0 saturated heterocycles. The molecule has 17 heavy (non-hydrogen) atoms. The highest BCUT2D eigenvalue weighted by Gasteiger charge is 2.33. The zero-order valence-electron chi connectivity index (χ0n) is 10.9. The van der Waals surface area contributed by atoms with E-state index in [1.54, 1.807) is 7.11 Å². The Morgan fingerprint density at radius 2 is 2.06 bits per heavy atom. The van der Waals surface area contributed by atoms with Crippen molar-refractivity contribution in [3.63, 3.8) is 0 Å². The van der Waals surface area contributed by atoms with Gasteiger partial charge in [0.2, 0.25) is 0 Å². The zero-order valence-corrected chi connectivity index (χ0v) is 12.5. The second kappa shape index (κ2) is 4.62. The number of fused-ring (bicyclic) bond motifs is 1. The maximum atomic E-state index is 5.53. The van der Waals surface area contributed by atoms with Crippen LogP contribution in [-0.2, 0) is 6.42 Å². The number of benzene rings is 1. The Bertz CT molecular complexity index is 423. The van der Waals surface area contributed by atoms with Crippen LogP contribution in [0.4, 0.5) is 0 Å². The lowest BCUT2D eigenvalue weighted by Crippen LogP contribution is -2.38. The second-order valence-electron chi connectivity index (χ2n) is 5.65. The monoisotopic (exact) mass is 297 g/mol. The van der Waals surface area contributed by atoms with Crippen LogP contribution < -0.4 is 10.1 Å². The molecule has 0 spiro atoms. The lowest BCUT2D eigenvalue weighted by atomic mass is 9.78. The molecule has 2 nitrogen and oxygen atoms in total. The molecule has 1 unspecified atom stereocenters. The lowest BCUT2D eigenvalue weighted by molar-refractivity contribution is 0.255. The van der Waals surface area contributed by atoms with E-state index >= 15 is 0 Å². The van der Waals surface area contributed by atoms with E-state index < -0.39 is 0 Å². The highest BCUT2D eigenvalue weighted by atomic mass is 79.9. The van der Waals surface area contributed by atoms with Gasteiger partial charge in [-0.25, -0.2) is 0 Å². The molecular formula is C14H20BrNO. The second-order valence-corrected chi connectivity index (χ2v) is 6.50. The quantitative estimate of drug-likeness (QED) is 0.853. The highest BCUT2D eigenvalue weighted by Crippen LogP contribution is 2.43. The van der Waals surface area contributed by atoms with Crippen LogP contribution in [0.3, 0.4) is 0 Å². The summed E-state index contributed by atoms with van der Waals surface area (Å²) in [7, 11) is 1.75. The van der Waals surface area contributed by atoms with E-state index in [4.69, 9.17) is 4.74 Å². The number of nitrogens with one attached hydrogen (secondary N) is 1. The highest BCUT2D eigenvalue weighted by molar-refractivity contribution is 9.10. The summed E-state index contributed by atoms with van der Waals surface area (Å²) in [6.07, 6.45) is 1.06. The van der Waals surface area contributed by atoms with Crippen molar-refractivity contribution in [3.05, 3.63) is 27.7 Å². The van der Waals surface area contributed by atoms with Crippen molar-refractivity contribution < 1.29 is 4.74 Å². The Labute approximate surface area is 112 Å². The summed E-state index contributed by atoms with van der Waals surface area (Å²) in [5, 5.41) is 3.62. The van der Waals surface area contributed by atoms with Gasteiger partial charge >= 0.3 is 0 Å². The molecule has 0 aromatic heterocycles. The van der Waals surface area contributed by atoms with Crippen LogP contribution in [0.1, 0.15) is 37.9 Å². The van der Waals surface area contributed by atoms with Crippen molar-refractivity contribution in [1.82, 2.24) is 5.32 Å². The van der Waals surface area contributed by atoms with Crippen LogP contribution in [0.25, 0.3) is 0 Å². The number of methoxy groups -OCH3 is 1. The van der Waals surface area contributed by atoms with Crippen molar-refractivity contribution in [1.29, 1.82) is 0 Å². The molecule has 1 aliphatic rings. The van der Waals surface area contributed by atoms with Crippen molar-refractivity contribution >= 4 is 15.9 Å². The molecule has 0 radical (unpaired) electrons. The van der Waals surface area contributed by atoms with Crippen molar-refractivity contribution in [2.75, 3.05) is 13.7 Å². The van der Waals surface area contributed by atoms with E-state index in [-0.39, 0.29) is 5.41 Å². The van der Waals surface area contributed by atoms with Gasteiger partial charge in [0.15, 0.2) is 0 Å².